The summed E-state index contributed by atoms with van der Waals surface area (Å²) in [5, 5.41) is 3.57. The molecule has 0 heterocycles. The van der Waals surface area contributed by atoms with E-state index >= 15 is 0 Å². The molecule has 0 aromatic rings. The lowest BCUT2D eigenvalue weighted by Crippen LogP contribution is -2.27. The fourth-order valence-corrected chi connectivity index (χ4v) is 1.56. The van der Waals surface area contributed by atoms with Gasteiger partial charge in [-0.1, -0.05) is 13.3 Å². The lowest BCUT2D eigenvalue weighted by atomic mass is 10.1. The Kier molecular flexibility index (Phi) is 5.40. The fraction of sp³-hybridized carbons (Fsp3) is 1.00. The summed E-state index contributed by atoms with van der Waals surface area (Å²) in [6, 6.07) is 0.834. The molecule has 1 aliphatic carbocycles. The number of rotatable bonds is 8. The fourth-order valence-electron chi connectivity index (χ4n) is 1.56. The summed E-state index contributed by atoms with van der Waals surface area (Å²) >= 11 is 0. The molecule has 1 fully saturated rings. The van der Waals surface area contributed by atoms with Crippen molar-refractivity contribution in [3.63, 3.8) is 0 Å². The molecule has 1 atom stereocenters. The van der Waals surface area contributed by atoms with E-state index < -0.39 is 0 Å². The van der Waals surface area contributed by atoms with Gasteiger partial charge in [0.2, 0.25) is 0 Å². The van der Waals surface area contributed by atoms with Gasteiger partial charge in [-0.3, -0.25) is 0 Å². The van der Waals surface area contributed by atoms with Crippen molar-refractivity contribution in [3.05, 3.63) is 0 Å². The molecule has 1 rings (SSSR count). The van der Waals surface area contributed by atoms with E-state index in [0.717, 1.165) is 31.7 Å². The molecule has 1 N–H and O–H groups in total. The summed E-state index contributed by atoms with van der Waals surface area (Å²) < 4.78 is 5.46. The number of hydrogen-bond donors (Lipinski definition) is 1. The lowest BCUT2D eigenvalue weighted by molar-refractivity contribution is 0.106. The molecule has 13 heavy (non-hydrogen) atoms. The largest absolute Gasteiger partial charge is 0.381 e. The predicted molar refractivity (Wildman–Crippen MR) is 55.9 cm³/mol. The van der Waals surface area contributed by atoms with Crippen LogP contribution in [0.5, 0.6) is 0 Å². The van der Waals surface area contributed by atoms with Crippen molar-refractivity contribution in [3.8, 4) is 0 Å². The third-order valence-corrected chi connectivity index (χ3v) is 2.53. The summed E-state index contributed by atoms with van der Waals surface area (Å²) in [5.74, 6) is 0.727. The monoisotopic (exact) mass is 185 g/mol. The van der Waals surface area contributed by atoms with Crippen LogP contribution in [-0.2, 0) is 4.74 Å². The van der Waals surface area contributed by atoms with Crippen LogP contribution in [0.1, 0.15) is 39.5 Å². The summed E-state index contributed by atoms with van der Waals surface area (Å²) in [5.41, 5.74) is 0. The molecule has 0 amide bonds. The van der Waals surface area contributed by atoms with Crippen LogP contribution < -0.4 is 5.32 Å². The van der Waals surface area contributed by atoms with Gasteiger partial charge in [-0.05, 0) is 32.1 Å². The zero-order valence-electron chi connectivity index (χ0n) is 9.01. The third-order valence-electron chi connectivity index (χ3n) is 2.53. The highest BCUT2D eigenvalue weighted by atomic mass is 16.5. The van der Waals surface area contributed by atoms with Crippen molar-refractivity contribution in [2.45, 2.75) is 45.6 Å². The van der Waals surface area contributed by atoms with Gasteiger partial charge >= 0.3 is 0 Å². The molecule has 0 aromatic heterocycles. The molecule has 0 bridgehead atoms. The summed E-state index contributed by atoms with van der Waals surface area (Å²) in [4.78, 5) is 0. The Morgan fingerprint density at radius 3 is 2.69 bits per heavy atom. The maximum atomic E-state index is 5.46. The topological polar surface area (TPSA) is 21.3 Å². The Morgan fingerprint density at radius 2 is 2.15 bits per heavy atom. The van der Waals surface area contributed by atoms with Gasteiger partial charge in [-0.25, -0.2) is 0 Å². The minimum Gasteiger partial charge on any atom is -0.381 e. The standard InChI is InChI=1S/C11H23NO/c1-3-5-10(9-13-4-2)8-12-11-6-7-11/h10-12H,3-9H2,1-2H3. The molecule has 2 nitrogen and oxygen atoms in total. The molecule has 0 spiro atoms. The van der Waals surface area contributed by atoms with Crippen molar-refractivity contribution >= 4 is 0 Å². The van der Waals surface area contributed by atoms with E-state index in [2.05, 4.69) is 19.2 Å². The Balaban J connectivity index is 2.03. The van der Waals surface area contributed by atoms with Crippen molar-refractivity contribution in [2.75, 3.05) is 19.8 Å². The summed E-state index contributed by atoms with van der Waals surface area (Å²) in [7, 11) is 0. The molecule has 0 saturated heterocycles. The minimum absolute atomic E-state index is 0.727. The second-order valence-corrected chi connectivity index (χ2v) is 4.00. The van der Waals surface area contributed by atoms with Crippen LogP contribution in [0.15, 0.2) is 0 Å². The van der Waals surface area contributed by atoms with Gasteiger partial charge in [0, 0.05) is 19.2 Å². The molecule has 1 aliphatic rings. The smallest absolute Gasteiger partial charge is 0.0506 e. The molecular formula is C11H23NO. The minimum atomic E-state index is 0.727. The van der Waals surface area contributed by atoms with Crippen LogP contribution in [-0.4, -0.2) is 25.8 Å². The Morgan fingerprint density at radius 1 is 1.38 bits per heavy atom. The number of hydrogen-bond acceptors (Lipinski definition) is 2. The number of nitrogens with one attached hydrogen (secondary N) is 1. The van der Waals surface area contributed by atoms with Crippen molar-refractivity contribution < 1.29 is 4.74 Å². The first kappa shape index (κ1) is 11.0. The van der Waals surface area contributed by atoms with E-state index in [4.69, 9.17) is 4.74 Å². The zero-order valence-corrected chi connectivity index (χ0v) is 9.01. The maximum Gasteiger partial charge on any atom is 0.0506 e. The Bertz CT molecular complexity index is 123. The zero-order chi connectivity index (χ0) is 9.52. The summed E-state index contributed by atoms with van der Waals surface area (Å²) in [6.07, 6.45) is 5.32. The van der Waals surface area contributed by atoms with E-state index in [1.165, 1.54) is 25.7 Å². The van der Waals surface area contributed by atoms with Crippen LogP contribution in [0.25, 0.3) is 0 Å². The first-order valence-electron chi connectivity index (χ1n) is 5.68. The normalized spacial score (nSPS) is 18.9. The highest BCUT2D eigenvalue weighted by Crippen LogP contribution is 2.19. The Hall–Kier alpha value is -0.0800. The molecule has 2 heteroatoms. The van der Waals surface area contributed by atoms with Crippen LogP contribution in [0.3, 0.4) is 0 Å². The van der Waals surface area contributed by atoms with E-state index in [1.807, 2.05) is 0 Å². The molecule has 0 aliphatic heterocycles. The average molecular weight is 185 g/mol. The van der Waals surface area contributed by atoms with Crippen LogP contribution in [0, 0.1) is 5.92 Å². The Labute approximate surface area is 82.0 Å². The van der Waals surface area contributed by atoms with Gasteiger partial charge in [-0.15, -0.1) is 0 Å². The van der Waals surface area contributed by atoms with E-state index in [1.54, 1.807) is 0 Å². The highest BCUT2D eigenvalue weighted by Gasteiger charge is 2.21. The third kappa shape index (κ3) is 5.27. The van der Waals surface area contributed by atoms with E-state index in [-0.39, 0.29) is 0 Å². The van der Waals surface area contributed by atoms with E-state index in [0.29, 0.717) is 0 Å². The van der Waals surface area contributed by atoms with E-state index in [9.17, 15) is 0 Å². The van der Waals surface area contributed by atoms with Gasteiger partial charge in [0.25, 0.3) is 0 Å². The van der Waals surface area contributed by atoms with Crippen molar-refractivity contribution in [2.24, 2.45) is 5.92 Å². The SMILES string of the molecule is CCCC(CNC1CC1)COCC. The molecule has 1 saturated carbocycles. The maximum absolute atomic E-state index is 5.46. The lowest BCUT2D eigenvalue weighted by Gasteiger charge is -2.16. The van der Waals surface area contributed by atoms with Crippen molar-refractivity contribution in [1.29, 1.82) is 0 Å². The molecule has 1 unspecified atom stereocenters. The van der Waals surface area contributed by atoms with Crippen LogP contribution in [0.2, 0.25) is 0 Å². The summed E-state index contributed by atoms with van der Waals surface area (Å²) in [6.45, 7) is 7.25. The van der Waals surface area contributed by atoms with Gasteiger partial charge in [-0.2, -0.15) is 0 Å². The van der Waals surface area contributed by atoms with Gasteiger partial charge < -0.3 is 10.1 Å². The molecule has 0 radical (unpaired) electrons. The first-order chi connectivity index (χ1) is 6.36. The second kappa shape index (κ2) is 6.39. The number of ether oxygens (including phenoxy) is 1. The van der Waals surface area contributed by atoms with Crippen LogP contribution >= 0.6 is 0 Å². The molecule has 78 valence electrons. The molecular weight excluding hydrogens is 162 g/mol. The van der Waals surface area contributed by atoms with Gasteiger partial charge in [0.05, 0.1) is 6.61 Å². The first-order valence-corrected chi connectivity index (χ1v) is 5.68. The van der Waals surface area contributed by atoms with Crippen LogP contribution in [0.4, 0.5) is 0 Å². The average Bonchev–Trinajstić information content (AvgIpc) is 2.93. The second-order valence-electron chi connectivity index (χ2n) is 4.00. The molecule has 0 aromatic carbocycles. The quantitative estimate of drug-likeness (QED) is 0.626. The van der Waals surface area contributed by atoms with Gasteiger partial charge in [0.15, 0.2) is 0 Å². The van der Waals surface area contributed by atoms with Gasteiger partial charge in [0.1, 0.15) is 0 Å². The van der Waals surface area contributed by atoms with Crippen molar-refractivity contribution in [1.82, 2.24) is 5.32 Å². The highest BCUT2D eigenvalue weighted by molar-refractivity contribution is 4.81. The predicted octanol–water partition coefficient (Wildman–Crippen LogP) is 2.19.